The first-order valence-electron chi connectivity index (χ1n) is 6.26. The second kappa shape index (κ2) is 6.51. The van der Waals surface area contributed by atoms with E-state index in [1.54, 1.807) is 0 Å². The highest BCUT2D eigenvalue weighted by molar-refractivity contribution is 5.97. The molecule has 0 radical (unpaired) electrons. The first-order valence-corrected chi connectivity index (χ1v) is 6.26. The van der Waals surface area contributed by atoms with Crippen LogP contribution in [0.5, 0.6) is 5.75 Å². The molecule has 2 aromatic carbocycles. The quantitative estimate of drug-likeness (QED) is 0.676. The molecule has 0 heterocycles. The average molecular weight is 286 g/mol. The number of rotatable bonds is 5. The van der Waals surface area contributed by atoms with Gasteiger partial charge in [0.2, 0.25) is 0 Å². The van der Waals surface area contributed by atoms with Crippen LogP contribution in [0.3, 0.4) is 0 Å². The summed E-state index contributed by atoms with van der Waals surface area (Å²) in [6.07, 6.45) is 0. The lowest BCUT2D eigenvalue weighted by atomic mass is 10.1. The summed E-state index contributed by atoms with van der Waals surface area (Å²) in [4.78, 5) is 22.4. The Kier molecular flexibility index (Phi) is 4.50. The van der Waals surface area contributed by atoms with Gasteiger partial charge in [0.15, 0.2) is 0 Å². The Labute approximate surface area is 121 Å². The summed E-state index contributed by atoms with van der Waals surface area (Å²) in [5.41, 5.74) is 0.929. The van der Waals surface area contributed by atoms with E-state index >= 15 is 0 Å². The van der Waals surface area contributed by atoms with Crippen molar-refractivity contribution in [2.45, 2.75) is 6.54 Å². The highest BCUT2D eigenvalue weighted by Crippen LogP contribution is 2.23. The van der Waals surface area contributed by atoms with Gasteiger partial charge < -0.3 is 10.1 Å². The molecule has 1 N–H and O–H groups in total. The lowest BCUT2D eigenvalue weighted by Crippen LogP contribution is -2.23. The maximum Gasteiger partial charge on any atom is 0.270 e. The molecule has 0 unspecified atom stereocenters. The van der Waals surface area contributed by atoms with Crippen LogP contribution in [0.25, 0.3) is 0 Å². The topological polar surface area (TPSA) is 81.5 Å². The molecule has 0 aliphatic heterocycles. The van der Waals surface area contributed by atoms with Crippen LogP contribution in [0.1, 0.15) is 15.9 Å². The number of nitrogens with one attached hydrogen (secondary N) is 1. The molecule has 0 saturated heterocycles. The largest absolute Gasteiger partial charge is 0.496 e. The van der Waals surface area contributed by atoms with Crippen molar-refractivity contribution in [3.8, 4) is 5.75 Å². The molecular weight excluding hydrogens is 272 g/mol. The molecule has 21 heavy (non-hydrogen) atoms. The van der Waals surface area contributed by atoms with Gasteiger partial charge in [-0.15, -0.1) is 0 Å². The maximum atomic E-state index is 12.2. The van der Waals surface area contributed by atoms with Crippen molar-refractivity contribution in [3.63, 3.8) is 0 Å². The Morgan fingerprint density at radius 3 is 2.57 bits per heavy atom. The third-order valence-electron chi connectivity index (χ3n) is 2.93. The van der Waals surface area contributed by atoms with Gasteiger partial charge in [-0.1, -0.05) is 30.3 Å². The lowest BCUT2D eigenvalue weighted by Gasteiger charge is -2.09. The zero-order valence-electron chi connectivity index (χ0n) is 11.4. The second-order valence-corrected chi connectivity index (χ2v) is 4.31. The van der Waals surface area contributed by atoms with Crippen LogP contribution in [-0.4, -0.2) is 17.9 Å². The van der Waals surface area contributed by atoms with Gasteiger partial charge in [0.05, 0.1) is 17.6 Å². The van der Waals surface area contributed by atoms with Crippen LogP contribution in [-0.2, 0) is 6.54 Å². The predicted molar refractivity (Wildman–Crippen MR) is 77.3 cm³/mol. The molecule has 0 aliphatic rings. The van der Waals surface area contributed by atoms with E-state index in [2.05, 4.69) is 5.32 Å². The number of hydrogen-bond acceptors (Lipinski definition) is 4. The molecule has 2 aromatic rings. The zero-order chi connectivity index (χ0) is 15.2. The fourth-order valence-electron chi connectivity index (χ4n) is 1.86. The first-order chi connectivity index (χ1) is 10.1. The van der Waals surface area contributed by atoms with E-state index in [0.717, 1.165) is 5.56 Å². The molecule has 0 aromatic heterocycles. The third kappa shape index (κ3) is 3.56. The van der Waals surface area contributed by atoms with Crippen molar-refractivity contribution in [2.24, 2.45) is 0 Å². The van der Waals surface area contributed by atoms with Crippen LogP contribution in [0, 0.1) is 10.1 Å². The summed E-state index contributed by atoms with van der Waals surface area (Å²) in [7, 11) is 1.41. The van der Waals surface area contributed by atoms with Crippen molar-refractivity contribution in [1.82, 2.24) is 5.32 Å². The van der Waals surface area contributed by atoms with Crippen LogP contribution < -0.4 is 10.1 Å². The third-order valence-corrected chi connectivity index (χ3v) is 2.93. The first kappa shape index (κ1) is 14.5. The number of carbonyl (C=O) groups excluding carboxylic acids is 1. The lowest BCUT2D eigenvalue weighted by molar-refractivity contribution is -0.384. The molecule has 0 fully saturated rings. The fourth-order valence-corrected chi connectivity index (χ4v) is 1.86. The summed E-state index contributed by atoms with van der Waals surface area (Å²) < 4.78 is 5.07. The summed E-state index contributed by atoms with van der Waals surface area (Å²) >= 11 is 0. The normalized spacial score (nSPS) is 9.95. The molecule has 0 saturated carbocycles. The van der Waals surface area contributed by atoms with Crippen molar-refractivity contribution in [2.75, 3.05) is 7.11 Å². The van der Waals surface area contributed by atoms with Gasteiger partial charge >= 0.3 is 0 Å². The highest BCUT2D eigenvalue weighted by atomic mass is 16.6. The number of amides is 1. The molecule has 6 nitrogen and oxygen atoms in total. The Morgan fingerprint density at radius 1 is 1.24 bits per heavy atom. The Morgan fingerprint density at radius 2 is 1.95 bits per heavy atom. The molecule has 0 spiro atoms. The monoisotopic (exact) mass is 286 g/mol. The van der Waals surface area contributed by atoms with Crippen LogP contribution in [0.2, 0.25) is 0 Å². The van der Waals surface area contributed by atoms with Crippen LogP contribution >= 0.6 is 0 Å². The smallest absolute Gasteiger partial charge is 0.270 e. The van der Waals surface area contributed by atoms with Gasteiger partial charge in [-0.25, -0.2) is 0 Å². The van der Waals surface area contributed by atoms with E-state index < -0.39 is 10.8 Å². The molecule has 0 aliphatic carbocycles. The van der Waals surface area contributed by atoms with E-state index in [0.29, 0.717) is 12.3 Å². The van der Waals surface area contributed by atoms with E-state index in [1.807, 2.05) is 30.3 Å². The molecule has 0 atom stereocenters. The fraction of sp³-hybridized carbons (Fsp3) is 0.133. The number of carbonyl (C=O) groups is 1. The number of ether oxygens (including phenoxy) is 1. The van der Waals surface area contributed by atoms with E-state index in [9.17, 15) is 14.9 Å². The minimum Gasteiger partial charge on any atom is -0.496 e. The summed E-state index contributed by atoms with van der Waals surface area (Å²) in [6, 6.07) is 13.3. The number of nitrogens with zero attached hydrogens (tertiary/aromatic N) is 1. The summed E-state index contributed by atoms with van der Waals surface area (Å²) in [6.45, 7) is 0.339. The minimum atomic E-state index is -0.548. The second-order valence-electron chi connectivity index (χ2n) is 4.31. The van der Waals surface area contributed by atoms with E-state index in [1.165, 1.54) is 25.3 Å². The summed E-state index contributed by atoms with van der Waals surface area (Å²) in [5.74, 6) is -0.120. The SMILES string of the molecule is COc1ccc([N+](=O)[O-])cc1C(=O)NCc1ccccc1. The minimum absolute atomic E-state index is 0.141. The van der Waals surface area contributed by atoms with Gasteiger partial charge in [-0.3, -0.25) is 14.9 Å². The molecule has 6 heteroatoms. The van der Waals surface area contributed by atoms with E-state index in [4.69, 9.17) is 4.74 Å². The van der Waals surface area contributed by atoms with Gasteiger partial charge in [-0.05, 0) is 11.6 Å². The van der Waals surface area contributed by atoms with Gasteiger partial charge in [0, 0.05) is 18.7 Å². The van der Waals surface area contributed by atoms with Crippen molar-refractivity contribution < 1.29 is 14.5 Å². The molecule has 1 amide bonds. The molecule has 108 valence electrons. The van der Waals surface area contributed by atoms with Gasteiger partial charge in [0.1, 0.15) is 5.75 Å². The molecule has 2 rings (SSSR count). The zero-order valence-corrected chi connectivity index (χ0v) is 11.4. The maximum absolute atomic E-state index is 12.2. The molecular formula is C15H14N2O4. The summed E-state index contributed by atoms with van der Waals surface area (Å²) in [5, 5.41) is 13.5. The van der Waals surface area contributed by atoms with Gasteiger partial charge in [-0.2, -0.15) is 0 Å². The average Bonchev–Trinajstić information content (AvgIpc) is 2.52. The standard InChI is InChI=1S/C15H14N2O4/c1-21-14-8-7-12(17(19)20)9-13(14)15(18)16-10-11-5-3-2-4-6-11/h2-9H,10H2,1H3,(H,16,18). The number of nitro benzene ring substituents is 1. The number of benzene rings is 2. The van der Waals surface area contributed by atoms with Gasteiger partial charge in [0.25, 0.3) is 11.6 Å². The Bertz CT molecular complexity index is 656. The van der Waals surface area contributed by atoms with Crippen LogP contribution in [0.15, 0.2) is 48.5 Å². The Balaban J connectivity index is 2.17. The van der Waals surface area contributed by atoms with Crippen molar-refractivity contribution in [1.29, 1.82) is 0 Å². The highest BCUT2D eigenvalue weighted by Gasteiger charge is 2.17. The number of hydrogen-bond donors (Lipinski definition) is 1. The van der Waals surface area contributed by atoms with E-state index in [-0.39, 0.29) is 11.3 Å². The van der Waals surface area contributed by atoms with Crippen molar-refractivity contribution in [3.05, 3.63) is 69.8 Å². The van der Waals surface area contributed by atoms with Crippen molar-refractivity contribution >= 4 is 11.6 Å². The van der Waals surface area contributed by atoms with Crippen LogP contribution in [0.4, 0.5) is 5.69 Å². The Hall–Kier alpha value is -2.89. The molecule has 0 bridgehead atoms. The number of methoxy groups -OCH3 is 1. The number of non-ortho nitro benzene ring substituents is 1. The number of nitro groups is 1. The predicted octanol–water partition coefficient (Wildman–Crippen LogP) is 2.53.